The number of sulfonamides is 1. The summed E-state index contributed by atoms with van der Waals surface area (Å²) in [5, 5.41) is -0.414. The summed E-state index contributed by atoms with van der Waals surface area (Å²) in [6, 6.07) is 11.8. The van der Waals surface area contributed by atoms with Gasteiger partial charge in [-0.25, -0.2) is 16.8 Å². The summed E-state index contributed by atoms with van der Waals surface area (Å²) in [6.07, 6.45) is 0.177. The number of hydrogen-bond donors (Lipinski definition) is 0. The lowest BCUT2D eigenvalue weighted by atomic mass is 10.1. The van der Waals surface area contributed by atoms with Crippen molar-refractivity contribution in [3.63, 3.8) is 0 Å². The second kappa shape index (κ2) is 7.54. The number of rotatable bonds is 3. The van der Waals surface area contributed by atoms with E-state index in [1.165, 1.54) is 4.31 Å². The molecule has 1 unspecified atom stereocenters. The SMILES string of the molecule is Cc1ccc(S(=O)(=O)N2CCC(c3ccccc3Cl)S(=O)(=O)CC2)cc1C. The first-order valence-corrected chi connectivity index (χ1v) is 12.2. The van der Waals surface area contributed by atoms with Crippen LogP contribution in [0.1, 0.15) is 28.4 Å². The lowest BCUT2D eigenvalue weighted by molar-refractivity contribution is 0.428. The summed E-state index contributed by atoms with van der Waals surface area (Å²) in [6.45, 7) is 3.84. The first-order valence-electron chi connectivity index (χ1n) is 8.66. The molecule has 1 fully saturated rings. The third kappa shape index (κ3) is 4.06. The summed E-state index contributed by atoms with van der Waals surface area (Å²) in [7, 11) is -7.27. The lowest BCUT2D eigenvalue weighted by Gasteiger charge is -2.20. The van der Waals surface area contributed by atoms with Gasteiger partial charge in [0.1, 0.15) is 0 Å². The van der Waals surface area contributed by atoms with Crippen molar-refractivity contribution in [1.82, 2.24) is 4.31 Å². The van der Waals surface area contributed by atoms with Crippen LogP contribution in [-0.2, 0) is 19.9 Å². The molecule has 27 heavy (non-hydrogen) atoms. The average molecular weight is 428 g/mol. The molecule has 1 heterocycles. The van der Waals surface area contributed by atoms with Gasteiger partial charge in [-0.3, -0.25) is 0 Å². The molecule has 0 bridgehead atoms. The van der Waals surface area contributed by atoms with Crippen LogP contribution in [0, 0.1) is 13.8 Å². The predicted molar refractivity (Wildman–Crippen MR) is 107 cm³/mol. The predicted octanol–water partition coefficient (Wildman–Crippen LogP) is 3.51. The standard InChI is InChI=1S/C19H22ClNO4S2/c1-14-7-8-16(13-15(14)2)27(24,25)21-10-9-19(26(22,23)12-11-21)17-5-3-4-6-18(17)20/h3-8,13,19H,9-12H2,1-2H3. The van der Waals surface area contributed by atoms with Crippen LogP contribution in [0.2, 0.25) is 5.02 Å². The third-order valence-corrected chi connectivity index (χ3v) is 9.41. The molecular formula is C19H22ClNO4S2. The molecule has 3 rings (SSSR count). The minimum atomic E-state index is -3.75. The number of nitrogens with zero attached hydrogens (tertiary/aromatic N) is 1. The van der Waals surface area contributed by atoms with E-state index in [-0.39, 0.29) is 30.2 Å². The topological polar surface area (TPSA) is 71.5 Å². The van der Waals surface area contributed by atoms with Gasteiger partial charge in [0, 0.05) is 18.1 Å². The van der Waals surface area contributed by atoms with Crippen molar-refractivity contribution in [3.05, 3.63) is 64.2 Å². The molecule has 2 aromatic carbocycles. The second-order valence-electron chi connectivity index (χ2n) is 6.82. The van der Waals surface area contributed by atoms with Gasteiger partial charge in [0.15, 0.2) is 9.84 Å². The van der Waals surface area contributed by atoms with E-state index < -0.39 is 25.1 Å². The maximum atomic E-state index is 13.0. The molecule has 0 N–H and O–H groups in total. The van der Waals surface area contributed by atoms with Crippen LogP contribution in [0.3, 0.4) is 0 Å². The van der Waals surface area contributed by atoms with Gasteiger partial charge in [-0.1, -0.05) is 35.9 Å². The highest BCUT2D eigenvalue weighted by molar-refractivity contribution is 7.92. The Kier molecular flexibility index (Phi) is 5.68. The number of sulfone groups is 1. The maximum absolute atomic E-state index is 13.0. The number of aryl methyl sites for hydroxylation is 2. The van der Waals surface area contributed by atoms with Crippen LogP contribution in [0.5, 0.6) is 0 Å². The third-order valence-electron chi connectivity index (χ3n) is 5.07. The number of hydrogen-bond acceptors (Lipinski definition) is 4. The summed E-state index contributed by atoms with van der Waals surface area (Å²) in [5.74, 6) is -0.229. The summed E-state index contributed by atoms with van der Waals surface area (Å²) >= 11 is 6.20. The van der Waals surface area contributed by atoms with Gasteiger partial charge in [0.05, 0.1) is 15.9 Å². The normalized spacial score (nSPS) is 20.9. The number of benzene rings is 2. The molecule has 146 valence electrons. The van der Waals surface area contributed by atoms with E-state index in [0.717, 1.165) is 11.1 Å². The maximum Gasteiger partial charge on any atom is 0.243 e. The molecule has 1 saturated heterocycles. The Morgan fingerprint density at radius 2 is 1.74 bits per heavy atom. The monoisotopic (exact) mass is 427 g/mol. The van der Waals surface area contributed by atoms with Crippen LogP contribution in [-0.4, -0.2) is 40.0 Å². The highest BCUT2D eigenvalue weighted by Crippen LogP contribution is 2.35. The van der Waals surface area contributed by atoms with E-state index in [1.807, 2.05) is 13.8 Å². The molecule has 0 spiro atoms. The Morgan fingerprint density at radius 1 is 1.04 bits per heavy atom. The lowest BCUT2D eigenvalue weighted by Crippen LogP contribution is -2.33. The Hall–Kier alpha value is -1.41. The van der Waals surface area contributed by atoms with Crippen molar-refractivity contribution in [2.45, 2.75) is 30.4 Å². The molecular weight excluding hydrogens is 406 g/mol. The largest absolute Gasteiger partial charge is 0.243 e. The fourth-order valence-corrected chi connectivity index (χ4v) is 7.08. The Bertz CT molecular complexity index is 1060. The highest BCUT2D eigenvalue weighted by Gasteiger charge is 2.36. The molecule has 1 aliphatic heterocycles. The van der Waals surface area contributed by atoms with E-state index in [4.69, 9.17) is 11.6 Å². The summed E-state index contributed by atoms with van der Waals surface area (Å²) in [4.78, 5) is 0.194. The van der Waals surface area contributed by atoms with E-state index in [1.54, 1.807) is 42.5 Å². The quantitative estimate of drug-likeness (QED) is 0.751. The van der Waals surface area contributed by atoms with E-state index >= 15 is 0 Å². The molecule has 5 nitrogen and oxygen atoms in total. The van der Waals surface area contributed by atoms with Crippen LogP contribution in [0.25, 0.3) is 0 Å². The van der Waals surface area contributed by atoms with E-state index in [0.29, 0.717) is 10.6 Å². The smallest absolute Gasteiger partial charge is 0.228 e. The highest BCUT2D eigenvalue weighted by atomic mass is 35.5. The minimum absolute atomic E-state index is 0.0570. The molecule has 1 aliphatic rings. The fourth-order valence-electron chi connectivity index (χ4n) is 3.27. The summed E-state index contributed by atoms with van der Waals surface area (Å²) in [5.41, 5.74) is 2.42. The molecule has 2 aromatic rings. The van der Waals surface area contributed by atoms with Gasteiger partial charge in [0.2, 0.25) is 10.0 Å². The first-order chi connectivity index (χ1) is 12.6. The van der Waals surface area contributed by atoms with Gasteiger partial charge < -0.3 is 0 Å². The second-order valence-corrected chi connectivity index (χ2v) is 11.5. The average Bonchev–Trinajstić information content (AvgIpc) is 2.76. The summed E-state index contributed by atoms with van der Waals surface area (Å²) < 4.78 is 52.9. The van der Waals surface area contributed by atoms with Crippen molar-refractivity contribution in [2.75, 3.05) is 18.8 Å². The van der Waals surface area contributed by atoms with Gasteiger partial charge >= 0.3 is 0 Å². The van der Waals surface area contributed by atoms with Crippen molar-refractivity contribution in [3.8, 4) is 0 Å². The van der Waals surface area contributed by atoms with Gasteiger partial charge in [-0.05, 0) is 55.2 Å². The first kappa shape index (κ1) is 20.3. The minimum Gasteiger partial charge on any atom is -0.228 e. The van der Waals surface area contributed by atoms with Crippen molar-refractivity contribution < 1.29 is 16.8 Å². The zero-order valence-corrected chi connectivity index (χ0v) is 17.6. The van der Waals surface area contributed by atoms with E-state index in [2.05, 4.69) is 0 Å². The number of halogens is 1. The van der Waals surface area contributed by atoms with Crippen LogP contribution in [0.15, 0.2) is 47.4 Å². The molecule has 0 saturated carbocycles. The Morgan fingerprint density at radius 3 is 2.41 bits per heavy atom. The molecule has 1 atom stereocenters. The zero-order valence-electron chi connectivity index (χ0n) is 15.2. The van der Waals surface area contributed by atoms with Crippen molar-refractivity contribution in [2.24, 2.45) is 0 Å². The molecule has 0 amide bonds. The zero-order chi connectivity index (χ0) is 19.8. The van der Waals surface area contributed by atoms with E-state index in [9.17, 15) is 16.8 Å². The van der Waals surface area contributed by atoms with Crippen molar-refractivity contribution in [1.29, 1.82) is 0 Å². The molecule has 8 heteroatoms. The molecule has 0 aromatic heterocycles. The van der Waals surface area contributed by atoms with Crippen molar-refractivity contribution >= 4 is 31.5 Å². The Labute approximate surface area is 165 Å². The van der Waals surface area contributed by atoms with Gasteiger partial charge in [-0.15, -0.1) is 0 Å². The van der Waals surface area contributed by atoms with Gasteiger partial charge in [0.25, 0.3) is 0 Å². The molecule has 0 radical (unpaired) electrons. The molecule has 0 aliphatic carbocycles. The fraction of sp³-hybridized carbons (Fsp3) is 0.368. The van der Waals surface area contributed by atoms with Crippen LogP contribution >= 0.6 is 11.6 Å². The van der Waals surface area contributed by atoms with Gasteiger partial charge in [-0.2, -0.15) is 4.31 Å². The van der Waals surface area contributed by atoms with Crippen LogP contribution < -0.4 is 0 Å². The Balaban J connectivity index is 1.93. The van der Waals surface area contributed by atoms with Crippen LogP contribution in [0.4, 0.5) is 0 Å².